The van der Waals surface area contributed by atoms with Crippen molar-refractivity contribution in [2.24, 2.45) is 0 Å². The molecular weight excluding hydrogens is 349 g/mol. The summed E-state index contributed by atoms with van der Waals surface area (Å²) in [6, 6.07) is 13.7. The fourth-order valence-corrected chi connectivity index (χ4v) is 3.09. The average Bonchev–Trinajstić information content (AvgIpc) is 2.92. The molecule has 0 saturated heterocycles. The van der Waals surface area contributed by atoms with E-state index in [0.29, 0.717) is 0 Å². The first-order chi connectivity index (χ1) is 13.0. The number of carbonyl (C=O) groups excluding carboxylic acids is 2. The third kappa shape index (κ3) is 3.66. The Labute approximate surface area is 155 Å². The average molecular weight is 367 g/mol. The summed E-state index contributed by atoms with van der Waals surface area (Å²) in [6.45, 7) is -0.521. The molecule has 3 rings (SSSR count). The smallest absolute Gasteiger partial charge is 0.290 e. The molecule has 27 heavy (non-hydrogen) atoms. The van der Waals surface area contributed by atoms with Gasteiger partial charge in [0, 0.05) is 12.1 Å². The fourth-order valence-electron chi connectivity index (χ4n) is 3.09. The first-order valence-electron chi connectivity index (χ1n) is 8.41. The minimum absolute atomic E-state index is 0.0832. The van der Waals surface area contributed by atoms with Crippen molar-refractivity contribution in [1.82, 2.24) is 4.90 Å². The third-order valence-corrected chi connectivity index (χ3v) is 4.34. The van der Waals surface area contributed by atoms with E-state index in [4.69, 9.17) is 0 Å². The number of rotatable bonds is 6. The quantitative estimate of drug-likeness (QED) is 0.770. The fraction of sp³-hybridized carbons (Fsp3) is 0.143. The van der Waals surface area contributed by atoms with Gasteiger partial charge in [0.1, 0.15) is 5.82 Å². The van der Waals surface area contributed by atoms with E-state index < -0.39 is 29.3 Å². The van der Waals surface area contributed by atoms with E-state index in [0.717, 1.165) is 10.5 Å². The van der Waals surface area contributed by atoms with Gasteiger partial charge in [0.25, 0.3) is 5.91 Å². The normalized spacial score (nSPS) is 17.2. The summed E-state index contributed by atoms with van der Waals surface area (Å²) in [5, 5.41) is 19.5. The minimum atomic E-state index is -1.10. The highest BCUT2D eigenvalue weighted by Gasteiger charge is 2.43. The molecule has 0 radical (unpaired) electrons. The molecule has 2 aromatic rings. The van der Waals surface area contributed by atoms with Crippen molar-refractivity contribution in [1.29, 1.82) is 0 Å². The van der Waals surface area contributed by atoms with Crippen molar-refractivity contribution in [2.75, 3.05) is 13.2 Å². The highest BCUT2D eigenvalue weighted by molar-refractivity contribution is 6.14. The summed E-state index contributed by atoms with van der Waals surface area (Å²) >= 11 is 0. The van der Waals surface area contributed by atoms with Crippen LogP contribution < -0.4 is 0 Å². The number of allylic oxidation sites excluding steroid dienone is 1. The summed E-state index contributed by atoms with van der Waals surface area (Å²) < 4.78 is 14.4. The van der Waals surface area contributed by atoms with Crippen molar-refractivity contribution >= 4 is 17.8 Å². The van der Waals surface area contributed by atoms with Gasteiger partial charge >= 0.3 is 0 Å². The molecule has 1 atom stereocenters. The minimum Gasteiger partial charge on any atom is -0.503 e. The zero-order valence-corrected chi connectivity index (χ0v) is 14.4. The molecule has 0 spiro atoms. The first kappa shape index (κ1) is 18.5. The monoisotopic (exact) mass is 367 g/mol. The van der Waals surface area contributed by atoms with Crippen LogP contribution in [0.4, 0.5) is 4.39 Å². The number of ketones is 1. The number of nitrogens with zero attached hydrogens (tertiary/aromatic N) is 1. The molecule has 6 heteroatoms. The third-order valence-electron chi connectivity index (χ3n) is 4.34. The van der Waals surface area contributed by atoms with Crippen LogP contribution in [0.5, 0.6) is 0 Å². The Bertz CT molecular complexity index is 921. The SMILES string of the molecule is O=C(/C=C/c1ccccc1)C1=C(O)C(=O)N(CCO)[C@@H]1c1ccccc1F. The van der Waals surface area contributed by atoms with Crippen molar-refractivity contribution in [2.45, 2.75) is 6.04 Å². The largest absolute Gasteiger partial charge is 0.503 e. The Kier molecular flexibility index (Phi) is 5.47. The number of hydrogen-bond acceptors (Lipinski definition) is 4. The Morgan fingerprint density at radius 1 is 1.11 bits per heavy atom. The van der Waals surface area contributed by atoms with Crippen molar-refractivity contribution in [3.8, 4) is 0 Å². The van der Waals surface area contributed by atoms with Gasteiger partial charge in [-0.25, -0.2) is 4.39 Å². The highest BCUT2D eigenvalue weighted by atomic mass is 19.1. The van der Waals surface area contributed by atoms with E-state index in [1.54, 1.807) is 24.3 Å². The van der Waals surface area contributed by atoms with E-state index in [-0.39, 0.29) is 24.3 Å². The molecule has 5 nitrogen and oxygen atoms in total. The lowest BCUT2D eigenvalue weighted by molar-refractivity contribution is -0.129. The molecule has 1 aliphatic rings. The first-order valence-corrected chi connectivity index (χ1v) is 8.41. The van der Waals surface area contributed by atoms with Crippen molar-refractivity contribution in [3.05, 3.63) is 88.9 Å². The van der Waals surface area contributed by atoms with Crippen LogP contribution in [0.15, 0.2) is 72.0 Å². The van der Waals surface area contributed by atoms with Gasteiger partial charge in [-0.3, -0.25) is 9.59 Å². The van der Waals surface area contributed by atoms with Crippen LogP contribution in [0.1, 0.15) is 17.2 Å². The summed E-state index contributed by atoms with van der Waals surface area (Å²) in [7, 11) is 0. The second-order valence-electron chi connectivity index (χ2n) is 6.02. The van der Waals surface area contributed by atoms with Gasteiger partial charge in [0.05, 0.1) is 18.2 Å². The number of benzene rings is 2. The molecule has 0 bridgehead atoms. The Balaban J connectivity index is 2.02. The van der Waals surface area contributed by atoms with Gasteiger partial charge in [0.2, 0.25) is 0 Å². The van der Waals surface area contributed by atoms with Crippen LogP contribution in [-0.2, 0) is 9.59 Å². The topological polar surface area (TPSA) is 77.8 Å². The highest BCUT2D eigenvalue weighted by Crippen LogP contribution is 2.38. The van der Waals surface area contributed by atoms with Crippen LogP contribution in [0.2, 0.25) is 0 Å². The molecule has 1 aliphatic heterocycles. The number of amides is 1. The predicted molar refractivity (Wildman–Crippen MR) is 98.1 cm³/mol. The number of halogens is 1. The van der Waals surface area contributed by atoms with Crippen LogP contribution >= 0.6 is 0 Å². The van der Waals surface area contributed by atoms with Crippen molar-refractivity contribution < 1.29 is 24.2 Å². The predicted octanol–water partition coefficient (Wildman–Crippen LogP) is 2.80. The number of β-amino-alcohol motifs (C(OH)–C–C–N with tert-alkyl or cyclic N) is 1. The molecule has 1 amide bonds. The van der Waals surface area contributed by atoms with E-state index >= 15 is 0 Å². The number of hydrogen-bond donors (Lipinski definition) is 2. The van der Waals surface area contributed by atoms with Crippen LogP contribution in [0.3, 0.4) is 0 Å². The summed E-state index contributed by atoms with van der Waals surface area (Å²) in [4.78, 5) is 26.2. The molecule has 1 heterocycles. The van der Waals surface area contributed by atoms with Gasteiger partial charge in [-0.15, -0.1) is 0 Å². The summed E-state index contributed by atoms with van der Waals surface area (Å²) in [6.07, 6.45) is 2.80. The lowest BCUT2D eigenvalue weighted by Gasteiger charge is -2.26. The summed E-state index contributed by atoms with van der Waals surface area (Å²) in [5.41, 5.74) is 0.649. The number of carbonyl (C=O) groups is 2. The maximum Gasteiger partial charge on any atom is 0.290 e. The molecular formula is C21H18FNO4. The molecule has 0 fully saturated rings. The Morgan fingerprint density at radius 2 is 1.78 bits per heavy atom. The summed E-state index contributed by atoms with van der Waals surface area (Å²) in [5.74, 6) is -2.74. The number of aliphatic hydroxyl groups excluding tert-OH is 2. The molecule has 0 aromatic heterocycles. The lowest BCUT2D eigenvalue weighted by Crippen LogP contribution is -2.33. The molecule has 0 aliphatic carbocycles. The second kappa shape index (κ2) is 7.97. The standard InChI is InChI=1S/C21H18FNO4/c22-16-9-5-4-8-15(16)19-18(20(26)21(27)23(19)12-13-24)17(25)11-10-14-6-2-1-3-7-14/h1-11,19,24,26H,12-13H2/b11-10+/t19-/m1/s1. The Hall–Kier alpha value is -3.25. The molecule has 2 N–H and O–H groups in total. The van der Waals surface area contributed by atoms with Gasteiger partial charge in [-0.05, 0) is 17.7 Å². The second-order valence-corrected chi connectivity index (χ2v) is 6.02. The van der Waals surface area contributed by atoms with Crippen molar-refractivity contribution in [3.63, 3.8) is 0 Å². The molecule has 2 aromatic carbocycles. The van der Waals surface area contributed by atoms with Gasteiger partial charge < -0.3 is 15.1 Å². The van der Waals surface area contributed by atoms with Crippen LogP contribution in [0.25, 0.3) is 6.08 Å². The van der Waals surface area contributed by atoms with Crippen LogP contribution in [0, 0.1) is 5.82 Å². The van der Waals surface area contributed by atoms with Crippen LogP contribution in [-0.4, -0.2) is 40.0 Å². The zero-order chi connectivity index (χ0) is 19.4. The van der Waals surface area contributed by atoms with E-state index in [2.05, 4.69) is 0 Å². The van der Waals surface area contributed by atoms with E-state index in [1.165, 1.54) is 24.3 Å². The van der Waals surface area contributed by atoms with Gasteiger partial charge in [0.15, 0.2) is 11.5 Å². The maximum absolute atomic E-state index is 14.4. The van der Waals surface area contributed by atoms with E-state index in [1.807, 2.05) is 18.2 Å². The maximum atomic E-state index is 14.4. The van der Waals surface area contributed by atoms with Gasteiger partial charge in [-0.1, -0.05) is 54.6 Å². The molecule has 0 saturated carbocycles. The molecule has 138 valence electrons. The lowest BCUT2D eigenvalue weighted by atomic mass is 9.95. The molecule has 0 unspecified atom stereocenters. The van der Waals surface area contributed by atoms with E-state index in [9.17, 15) is 24.2 Å². The van der Waals surface area contributed by atoms with Gasteiger partial charge in [-0.2, -0.15) is 0 Å². The Morgan fingerprint density at radius 3 is 2.44 bits per heavy atom. The zero-order valence-electron chi connectivity index (χ0n) is 14.4. The number of aliphatic hydroxyl groups is 2.